The molecular weight excluding hydrogens is 179 g/mol. The number of carbonyl (C=O) groups excluding carboxylic acids is 1. The summed E-state index contributed by atoms with van der Waals surface area (Å²) in [5, 5.41) is 0. The standard InChI is InChI=1S/C5H10O4S.Na/c1-3-4-10(7,8)9-5(2)6;/h3-4H2,1-2H3;/q;+1. The van der Waals surface area contributed by atoms with Gasteiger partial charge >= 0.3 is 45.6 Å². The van der Waals surface area contributed by atoms with E-state index < -0.39 is 16.1 Å². The molecule has 0 bridgehead atoms. The maximum Gasteiger partial charge on any atom is 1.00 e. The minimum absolute atomic E-state index is 0. The largest absolute Gasteiger partial charge is 1.00 e. The second kappa shape index (κ2) is 5.99. The maximum absolute atomic E-state index is 10.6. The zero-order valence-electron chi connectivity index (χ0n) is 6.96. The van der Waals surface area contributed by atoms with Gasteiger partial charge in [-0.25, -0.2) is 0 Å². The minimum atomic E-state index is -3.58. The van der Waals surface area contributed by atoms with Crippen LogP contribution in [-0.2, 0) is 19.1 Å². The monoisotopic (exact) mass is 189 g/mol. The van der Waals surface area contributed by atoms with Crippen LogP contribution in [0.4, 0.5) is 0 Å². The van der Waals surface area contributed by atoms with Crippen molar-refractivity contribution in [1.82, 2.24) is 0 Å². The van der Waals surface area contributed by atoms with E-state index in [1.165, 1.54) is 0 Å². The Labute approximate surface area is 88.7 Å². The van der Waals surface area contributed by atoms with E-state index in [-0.39, 0.29) is 35.3 Å². The van der Waals surface area contributed by atoms with Crippen molar-refractivity contribution in [3.05, 3.63) is 0 Å². The minimum Gasteiger partial charge on any atom is -0.346 e. The normalized spacial score (nSPS) is 10.0. The molecule has 6 heteroatoms. The molecule has 4 nitrogen and oxygen atoms in total. The van der Waals surface area contributed by atoms with Crippen molar-refractivity contribution in [2.75, 3.05) is 5.75 Å². The Morgan fingerprint density at radius 2 is 1.91 bits per heavy atom. The van der Waals surface area contributed by atoms with Crippen molar-refractivity contribution in [2.45, 2.75) is 20.3 Å². The molecular formula is C5H10NaO4S+. The van der Waals surface area contributed by atoms with Gasteiger partial charge in [0.15, 0.2) is 0 Å². The summed E-state index contributed by atoms with van der Waals surface area (Å²) < 4.78 is 25.2. The van der Waals surface area contributed by atoms with Crippen LogP contribution >= 0.6 is 0 Å². The third kappa shape index (κ3) is 8.33. The quantitative estimate of drug-likeness (QED) is 0.358. The number of hydrogen-bond acceptors (Lipinski definition) is 4. The van der Waals surface area contributed by atoms with Gasteiger partial charge in [-0.1, -0.05) is 6.92 Å². The second-order valence-electron chi connectivity index (χ2n) is 1.84. The zero-order valence-corrected chi connectivity index (χ0v) is 9.77. The average Bonchev–Trinajstić information content (AvgIpc) is 1.59. The van der Waals surface area contributed by atoms with Gasteiger partial charge in [-0.15, -0.1) is 0 Å². The van der Waals surface area contributed by atoms with Gasteiger partial charge in [0.2, 0.25) is 0 Å². The molecule has 0 amide bonds. The van der Waals surface area contributed by atoms with Gasteiger partial charge in [0.1, 0.15) is 0 Å². The Bertz CT molecular complexity index is 209. The molecule has 11 heavy (non-hydrogen) atoms. The molecule has 0 saturated heterocycles. The summed E-state index contributed by atoms with van der Waals surface area (Å²) in [5.74, 6) is -0.888. The summed E-state index contributed by atoms with van der Waals surface area (Å²) >= 11 is 0. The van der Waals surface area contributed by atoms with E-state index in [9.17, 15) is 13.2 Å². The van der Waals surface area contributed by atoms with Gasteiger partial charge in [-0.2, -0.15) is 8.42 Å². The molecule has 0 atom stereocenters. The van der Waals surface area contributed by atoms with Gasteiger partial charge < -0.3 is 4.18 Å². The predicted octanol–water partition coefficient (Wildman–Crippen LogP) is -2.71. The van der Waals surface area contributed by atoms with Crippen molar-refractivity contribution in [2.24, 2.45) is 0 Å². The first-order valence-electron chi connectivity index (χ1n) is 2.90. The molecule has 0 aromatic carbocycles. The van der Waals surface area contributed by atoms with Gasteiger partial charge in [-0.05, 0) is 6.42 Å². The van der Waals surface area contributed by atoms with E-state index in [0.29, 0.717) is 6.42 Å². The maximum atomic E-state index is 10.6. The molecule has 0 aliphatic rings. The second-order valence-corrected chi connectivity index (χ2v) is 3.53. The van der Waals surface area contributed by atoms with Gasteiger partial charge in [-0.3, -0.25) is 4.79 Å². The molecule has 0 fully saturated rings. The fraction of sp³-hybridized carbons (Fsp3) is 0.800. The molecule has 0 aliphatic heterocycles. The Morgan fingerprint density at radius 1 is 1.45 bits per heavy atom. The molecule has 0 aromatic rings. The molecule has 0 unspecified atom stereocenters. The number of hydrogen-bond donors (Lipinski definition) is 0. The Hall–Kier alpha value is 0.420. The first-order chi connectivity index (χ1) is 4.48. The summed E-state index contributed by atoms with van der Waals surface area (Å²) in [6.45, 7) is 2.76. The predicted molar refractivity (Wildman–Crippen MR) is 35.8 cm³/mol. The zero-order chi connectivity index (χ0) is 8.20. The SMILES string of the molecule is CCCS(=O)(=O)OC(C)=O.[Na+]. The summed E-state index contributed by atoms with van der Waals surface area (Å²) in [5.41, 5.74) is 0. The molecule has 0 N–H and O–H groups in total. The van der Waals surface area contributed by atoms with Crippen LogP contribution in [0.3, 0.4) is 0 Å². The molecule has 0 aromatic heterocycles. The molecule has 0 saturated carbocycles. The topological polar surface area (TPSA) is 60.4 Å². The molecule has 0 aliphatic carbocycles. The van der Waals surface area contributed by atoms with Crippen LogP contribution in [-0.4, -0.2) is 20.1 Å². The molecule has 0 radical (unpaired) electrons. The molecule has 60 valence electrons. The van der Waals surface area contributed by atoms with E-state index >= 15 is 0 Å². The van der Waals surface area contributed by atoms with Gasteiger partial charge in [0.05, 0.1) is 5.75 Å². The van der Waals surface area contributed by atoms with Crippen LogP contribution in [0.15, 0.2) is 0 Å². The van der Waals surface area contributed by atoms with Crippen LogP contribution in [0, 0.1) is 0 Å². The van der Waals surface area contributed by atoms with Crippen molar-refractivity contribution < 1.29 is 47.0 Å². The third-order valence-corrected chi connectivity index (χ3v) is 2.10. The van der Waals surface area contributed by atoms with Crippen molar-refractivity contribution in [3.63, 3.8) is 0 Å². The van der Waals surface area contributed by atoms with E-state index in [1.54, 1.807) is 6.92 Å². The van der Waals surface area contributed by atoms with E-state index in [2.05, 4.69) is 4.18 Å². The fourth-order valence-electron chi connectivity index (χ4n) is 0.470. The van der Waals surface area contributed by atoms with Crippen molar-refractivity contribution in [3.8, 4) is 0 Å². The van der Waals surface area contributed by atoms with E-state index in [4.69, 9.17) is 0 Å². The molecule has 0 rings (SSSR count). The number of carbonyl (C=O) groups is 1. The Balaban J connectivity index is 0. The van der Waals surface area contributed by atoms with E-state index in [1.807, 2.05) is 0 Å². The number of rotatable bonds is 3. The van der Waals surface area contributed by atoms with Crippen LogP contribution in [0.5, 0.6) is 0 Å². The summed E-state index contributed by atoms with van der Waals surface area (Å²) in [4.78, 5) is 10.1. The van der Waals surface area contributed by atoms with Crippen LogP contribution in [0.1, 0.15) is 20.3 Å². The van der Waals surface area contributed by atoms with Crippen LogP contribution in [0.25, 0.3) is 0 Å². The molecule has 0 heterocycles. The van der Waals surface area contributed by atoms with Crippen LogP contribution in [0.2, 0.25) is 0 Å². The molecule has 0 spiro atoms. The Kier molecular flexibility index (Phi) is 7.61. The first-order valence-corrected chi connectivity index (χ1v) is 4.48. The summed E-state index contributed by atoms with van der Waals surface area (Å²) in [6, 6.07) is 0. The van der Waals surface area contributed by atoms with Crippen molar-refractivity contribution in [1.29, 1.82) is 0 Å². The fourth-order valence-corrected chi connectivity index (χ4v) is 1.41. The first kappa shape index (κ1) is 14.0. The third-order valence-electron chi connectivity index (χ3n) is 0.698. The summed E-state index contributed by atoms with van der Waals surface area (Å²) in [7, 11) is -3.58. The van der Waals surface area contributed by atoms with Gasteiger partial charge in [0.25, 0.3) is 0 Å². The average molecular weight is 189 g/mol. The smallest absolute Gasteiger partial charge is 0.346 e. The van der Waals surface area contributed by atoms with E-state index in [0.717, 1.165) is 6.92 Å². The van der Waals surface area contributed by atoms with Crippen molar-refractivity contribution >= 4 is 16.1 Å². The van der Waals surface area contributed by atoms with Crippen LogP contribution < -0.4 is 29.6 Å². The van der Waals surface area contributed by atoms with Gasteiger partial charge in [0, 0.05) is 6.92 Å². The Morgan fingerprint density at radius 3 is 2.18 bits per heavy atom. The summed E-state index contributed by atoms with van der Waals surface area (Å²) in [6.07, 6.45) is 0.454.